The Morgan fingerprint density at radius 3 is 2.76 bits per heavy atom. The second-order valence-corrected chi connectivity index (χ2v) is 4.68. The first-order valence-corrected chi connectivity index (χ1v) is 6.28. The van der Waals surface area contributed by atoms with Crippen LogP contribution >= 0.6 is 11.3 Å². The molecule has 0 spiro atoms. The molecule has 1 aliphatic heterocycles. The van der Waals surface area contributed by atoms with Crippen molar-refractivity contribution >= 4 is 22.9 Å². The third kappa shape index (κ3) is 2.32. The lowest BCUT2D eigenvalue weighted by Crippen LogP contribution is -2.48. The monoisotopic (exact) mass is 247 g/mol. The molecule has 0 N–H and O–H groups in total. The number of amides is 1. The number of piperazine rings is 1. The van der Waals surface area contributed by atoms with E-state index in [1.165, 1.54) is 17.4 Å². The van der Waals surface area contributed by atoms with Gasteiger partial charge in [-0.15, -0.1) is 11.3 Å². The average molecular weight is 247 g/mol. The van der Waals surface area contributed by atoms with Crippen molar-refractivity contribution in [1.29, 1.82) is 5.26 Å². The summed E-state index contributed by atoms with van der Waals surface area (Å²) >= 11 is 1.46. The zero-order valence-electron chi connectivity index (χ0n) is 9.43. The zero-order chi connectivity index (χ0) is 12.3. The first kappa shape index (κ1) is 11.7. The third-order valence-corrected chi connectivity index (χ3v) is 3.66. The highest BCUT2D eigenvalue weighted by molar-refractivity contribution is 7.11. The van der Waals surface area contributed by atoms with Crippen molar-refractivity contribution in [2.24, 2.45) is 0 Å². The van der Waals surface area contributed by atoms with Crippen LogP contribution in [0.5, 0.6) is 0 Å². The lowest BCUT2D eigenvalue weighted by atomic mass is 10.2. The van der Waals surface area contributed by atoms with Gasteiger partial charge < -0.3 is 9.80 Å². The molecule has 88 valence electrons. The van der Waals surface area contributed by atoms with Gasteiger partial charge in [-0.25, -0.2) is 0 Å². The van der Waals surface area contributed by atoms with Gasteiger partial charge in [-0.2, -0.15) is 5.26 Å². The van der Waals surface area contributed by atoms with E-state index in [0.29, 0.717) is 13.1 Å². The summed E-state index contributed by atoms with van der Waals surface area (Å²) in [5, 5.41) is 10.9. The second-order valence-electron chi connectivity index (χ2n) is 3.76. The van der Waals surface area contributed by atoms with Gasteiger partial charge in [-0.1, -0.05) is 6.58 Å². The quantitative estimate of drug-likeness (QED) is 0.743. The highest BCUT2D eigenvalue weighted by Crippen LogP contribution is 2.26. The van der Waals surface area contributed by atoms with Crippen LogP contribution in [0.4, 0.5) is 5.69 Å². The Hall–Kier alpha value is -1.80. The molecule has 0 radical (unpaired) electrons. The van der Waals surface area contributed by atoms with Crippen molar-refractivity contribution in [3.05, 3.63) is 29.0 Å². The summed E-state index contributed by atoms with van der Waals surface area (Å²) in [5.41, 5.74) is 0.989. The van der Waals surface area contributed by atoms with Gasteiger partial charge in [-0.3, -0.25) is 4.79 Å². The minimum Gasteiger partial charge on any atom is -0.366 e. The van der Waals surface area contributed by atoms with E-state index in [2.05, 4.69) is 17.5 Å². The summed E-state index contributed by atoms with van der Waals surface area (Å²) in [4.78, 5) is 16.1. The number of nitrogens with zero attached hydrogens (tertiary/aromatic N) is 3. The van der Waals surface area contributed by atoms with Crippen LogP contribution in [0.2, 0.25) is 0 Å². The normalized spacial score (nSPS) is 15.5. The van der Waals surface area contributed by atoms with Gasteiger partial charge in [0, 0.05) is 26.2 Å². The Bertz CT molecular complexity index is 466. The molecule has 1 aliphatic rings. The number of nitriles is 1. The van der Waals surface area contributed by atoms with Crippen LogP contribution in [0.3, 0.4) is 0 Å². The fraction of sp³-hybridized carbons (Fsp3) is 0.333. The van der Waals surface area contributed by atoms with E-state index in [9.17, 15) is 4.79 Å². The lowest BCUT2D eigenvalue weighted by molar-refractivity contribution is -0.126. The largest absolute Gasteiger partial charge is 0.366 e. The van der Waals surface area contributed by atoms with E-state index in [-0.39, 0.29) is 5.91 Å². The number of thiophene rings is 1. The van der Waals surface area contributed by atoms with Crippen molar-refractivity contribution in [1.82, 2.24) is 4.90 Å². The van der Waals surface area contributed by atoms with Gasteiger partial charge in [0.05, 0.1) is 5.69 Å². The molecule has 2 heterocycles. The van der Waals surface area contributed by atoms with Crippen LogP contribution in [-0.2, 0) is 4.79 Å². The highest BCUT2D eigenvalue weighted by Gasteiger charge is 2.21. The van der Waals surface area contributed by atoms with Gasteiger partial charge in [0.25, 0.3) is 0 Å². The van der Waals surface area contributed by atoms with Crippen LogP contribution in [0.15, 0.2) is 24.1 Å². The minimum absolute atomic E-state index is 0.0181. The third-order valence-electron chi connectivity index (χ3n) is 2.85. The van der Waals surface area contributed by atoms with E-state index >= 15 is 0 Å². The standard InChI is InChI=1S/C12H13N3OS/c1-2-12(16)15-6-4-14(5-7-15)10-3-8-17-11(10)9-13/h2-3,8H,1,4-7H2. The Kier molecular flexibility index (Phi) is 3.45. The minimum atomic E-state index is -0.0181. The summed E-state index contributed by atoms with van der Waals surface area (Å²) < 4.78 is 0. The van der Waals surface area contributed by atoms with Crippen LogP contribution in [0, 0.1) is 11.3 Å². The van der Waals surface area contributed by atoms with Crippen molar-refractivity contribution in [2.75, 3.05) is 31.1 Å². The Balaban J connectivity index is 2.03. The Morgan fingerprint density at radius 2 is 2.18 bits per heavy atom. The van der Waals surface area contributed by atoms with Crippen LogP contribution < -0.4 is 4.90 Å². The van der Waals surface area contributed by atoms with Crippen molar-refractivity contribution in [2.45, 2.75) is 0 Å². The van der Waals surface area contributed by atoms with E-state index < -0.39 is 0 Å². The lowest BCUT2D eigenvalue weighted by Gasteiger charge is -2.35. The molecule has 2 rings (SSSR count). The van der Waals surface area contributed by atoms with Gasteiger partial charge in [0.1, 0.15) is 10.9 Å². The first-order chi connectivity index (χ1) is 8.26. The highest BCUT2D eigenvalue weighted by atomic mass is 32.1. The van der Waals surface area contributed by atoms with Crippen LogP contribution in [-0.4, -0.2) is 37.0 Å². The SMILES string of the molecule is C=CC(=O)N1CCN(c2ccsc2C#N)CC1. The number of hydrogen-bond acceptors (Lipinski definition) is 4. The van der Waals surface area contributed by atoms with Crippen molar-refractivity contribution < 1.29 is 4.79 Å². The van der Waals surface area contributed by atoms with Gasteiger partial charge in [0.15, 0.2) is 0 Å². The predicted octanol–water partition coefficient (Wildman–Crippen LogP) is 1.45. The maximum Gasteiger partial charge on any atom is 0.246 e. The molecule has 4 nitrogen and oxygen atoms in total. The molecule has 1 aromatic heterocycles. The van der Waals surface area contributed by atoms with Gasteiger partial charge in [0.2, 0.25) is 5.91 Å². The predicted molar refractivity (Wildman–Crippen MR) is 68.0 cm³/mol. The second kappa shape index (κ2) is 5.02. The molecule has 0 saturated carbocycles. The smallest absolute Gasteiger partial charge is 0.246 e. The topological polar surface area (TPSA) is 47.3 Å². The number of rotatable bonds is 2. The summed E-state index contributed by atoms with van der Waals surface area (Å²) in [5.74, 6) is -0.0181. The summed E-state index contributed by atoms with van der Waals surface area (Å²) in [6.45, 7) is 6.40. The molecule has 0 unspecified atom stereocenters. The Morgan fingerprint density at radius 1 is 1.47 bits per heavy atom. The number of carbonyl (C=O) groups is 1. The fourth-order valence-corrected chi connectivity index (χ4v) is 2.64. The molecule has 0 aliphatic carbocycles. The van der Waals surface area contributed by atoms with E-state index in [0.717, 1.165) is 23.7 Å². The molecular weight excluding hydrogens is 234 g/mol. The average Bonchev–Trinajstić information content (AvgIpc) is 2.86. The molecular formula is C12H13N3OS. The molecule has 1 aromatic rings. The molecule has 0 atom stereocenters. The summed E-state index contributed by atoms with van der Waals surface area (Å²) in [6, 6.07) is 4.16. The summed E-state index contributed by atoms with van der Waals surface area (Å²) in [7, 11) is 0. The molecule has 1 amide bonds. The summed E-state index contributed by atoms with van der Waals surface area (Å²) in [6.07, 6.45) is 1.35. The van der Waals surface area contributed by atoms with Crippen molar-refractivity contribution in [3.8, 4) is 6.07 Å². The van der Waals surface area contributed by atoms with Crippen LogP contribution in [0.1, 0.15) is 4.88 Å². The maximum atomic E-state index is 11.4. The fourth-order valence-electron chi connectivity index (χ4n) is 1.93. The van der Waals surface area contributed by atoms with Gasteiger partial charge in [-0.05, 0) is 17.5 Å². The van der Waals surface area contributed by atoms with E-state index in [1.54, 1.807) is 4.90 Å². The van der Waals surface area contributed by atoms with E-state index in [4.69, 9.17) is 5.26 Å². The van der Waals surface area contributed by atoms with Gasteiger partial charge >= 0.3 is 0 Å². The first-order valence-electron chi connectivity index (χ1n) is 5.40. The number of anilines is 1. The Labute approximate surface area is 104 Å². The number of hydrogen-bond donors (Lipinski definition) is 0. The molecule has 5 heteroatoms. The van der Waals surface area contributed by atoms with Crippen LogP contribution in [0.25, 0.3) is 0 Å². The number of carbonyl (C=O) groups excluding carboxylic acids is 1. The molecule has 0 aromatic carbocycles. The molecule has 1 fully saturated rings. The molecule has 17 heavy (non-hydrogen) atoms. The molecule has 1 saturated heterocycles. The maximum absolute atomic E-state index is 11.4. The zero-order valence-corrected chi connectivity index (χ0v) is 10.2. The van der Waals surface area contributed by atoms with E-state index in [1.807, 2.05) is 11.4 Å². The van der Waals surface area contributed by atoms with Crippen molar-refractivity contribution in [3.63, 3.8) is 0 Å². The molecule has 0 bridgehead atoms.